The predicted octanol–water partition coefficient (Wildman–Crippen LogP) is 4.23. The van der Waals surface area contributed by atoms with Gasteiger partial charge in [-0.25, -0.2) is 0 Å². The molecule has 14 heavy (non-hydrogen) atoms. The molecule has 1 nitrogen and oxygen atoms in total. The van der Waals surface area contributed by atoms with Crippen molar-refractivity contribution in [3.8, 4) is 0 Å². The van der Waals surface area contributed by atoms with E-state index in [9.17, 15) is 0 Å². The molecule has 0 fully saturated rings. The smallest absolute Gasteiger partial charge is 0.242 e. The van der Waals surface area contributed by atoms with Crippen molar-refractivity contribution < 1.29 is 4.43 Å². The zero-order valence-corrected chi connectivity index (χ0v) is 11.3. The number of halogens is 1. The largest absolute Gasteiger partial charge is 0.544 e. The molecule has 0 atom stereocenters. The molecule has 0 saturated heterocycles. The highest BCUT2D eigenvalue weighted by atomic mass is 79.9. The van der Waals surface area contributed by atoms with Crippen molar-refractivity contribution >= 4 is 30.0 Å². The highest BCUT2D eigenvalue weighted by Crippen LogP contribution is 2.21. The first-order valence-corrected chi connectivity index (χ1v) is 8.90. The molecule has 1 rings (SSSR count). The minimum absolute atomic E-state index is 0.921. The second kappa shape index (κ2) is 4.80. The second-order valence-electron chi connectivity index (χ2n) is 4.05. The normalized spacial score (nSPS) is 12.7. The average Bonchev–Trinajstić information content (AvgIpc) is 2.14. The van der Waals surface area contributed by atoms with Gasteiger partial charge in [0.2, 0.25) is 8.32 Å². The van der Waals surface area contributed by atoms with Crippen molar-refractivity contribution in [1.82, 2.24) is 0 Å². The molecule has 0 aromatic heterocycles. The maximum atomic E-state index is 5.93. The first-order chi connectivity index (χ1) is 6.53. The van der Waals surface area contributed by atoms with Gasteiger partial charge in [-0.15, -0.1) is 0 Å². The van der Waals surface area contributed by atoms with Gasteiger partial charge in [-0.05, 0) is 19.6 Å². The van der Waals surface area contributed by atoms with Crippen LogP contribution in [-0.2, 0) is 4.43 Å². The fourth-order valence-electron chi connectivity index (χ4n) is 1.08. The lowest BCUT2D eigenvalue weighted by molar-refractivity contribution is 0.516. The minimum Gasteiger partial charge on any atom is -0.544 e. The van der Waals surface area contributed by atoms with Crippen LogP contribution in [0.5, 0.6) is 0 Å². The van der Waals surface area contributed by atoms with E-state index in [0.29, 0.717) is 0 Å². The summed E-state index contributed by atoms with van der Waals surface area (Å²) in [5, 5.41) is 0. The zero-order valence-electron chi connectivity index (χ0n) is 8.75. The van der Waals surface area contributed by atoms with Gasteiger partial charge >= 0.3 is 0 Å². The Balaban J connectivity index is 2.85. The monoisotopic (exact) mass is 270 g/mol. The topological polar surface area (TPSA) is 9.23 Å². The molecule has 0 aliphatic rings. The van der Waals surface area contributed by atoms with Gasteiger partial charge in [-0.3, -0.25) is 0 Å². The third-order valence-electron chi connectivity index (χ3n) is 1.57. The molecule has 0 aliphatic carbocycles. The Morgan fingerprint density at radius 3 is 2.21 bits per heavy atom. The maximum Gasteiger partial charge on any atom is 0.242 e. The Morgan fingerprint density at radius 2 is 1.79 bits per heavy atom. The van der Waals surface area contributed by atoms with E-state index in [0.717, 1.165) is 11.3 Å². The summed E-state index contributed by atoms with van der Waals surface area (Å²) in [5.41, 5.74) is 1.12. The summed E-state index contributed by atoms with van der Waals surface area (Å²) in [6, 6.07) is 10.1. The molecule has 1 aromatic rings. The number of hydrogen-bond acceptors (Lipinski definition) is 1. The Hall–Kier alpha value is -0.543. The molecule has 76 valence electrons. The Morgan fingerprint density at radius 1 is 1.21 bits per heavy atom. The molecule has 3 heteroatoms. The first kappa shape index (κ1) is 11.5. The fraction of sp³-hybridized carbons (Fsp3) is 0.273. The number of hydrogen-bond donors (Lipinski definition) is 0. The van der Waals surface area contributed by atoms with E-state index >= 15 is 0 Å². The summed E-state index contributed by atoms with van der Waals surface area (Å²) >= 11 is 3.34. The highest BCUT2D eigenvalue weighted by molar-refractivity contribution is 9.11. The number of benzene rings is 1. The van der Waals surface area contributed by atoms with Crippen LogP contribution < -0.4 is 0 Å². The number of rotatable bonds is 3. The lowest BCUT2D eigenvalue weighted by Crippen LogP contribution is -2.24. The summed E-state index contributed by atoms with van der Waals surface area (Å²) in [6.45, 7) is 6.52. The van der Waals surface area contributed by atoms with Gasteiger partial charge in [-0.1, -0.05) is 46.3 Å². The predicted molar refractivity (Wildman–Crippen MR) is 67.8 cm³/mol. The summed E-state index contributed by atoms with van der Waals surface area (Å²) < 4.78 is 5.93. The van der Waals surface area contributed by atoms with Gasteiger partial charge in [-0.2, -0.15) is 0 Å². The summed E-state index contributed by atoms with van der Waals surface area (Å²) in [6.07, 6.45) is 0. The molecule has 0 amide bonds. The van der Waals surface area contributed by atoms with Crippen LogP contribution in [0.1, 0.15) is 5.56 Å². The molecule has 0 bridgehead atoms. The molecule has 1 aromatic carbocycles. The summed E-state index contributed by atoms with van der Waals surface area (Å²) in [4.78, 5) is 1.85. The molecule has 0 saturated carbocycles. The van der Waals surface area contributed by atoms with Gasteiger partial charge in [0, 0.05) is 10.5 Å². The molecule has 0 N–H and O–H groups in total. The summed E-state index contributed by atoms with van der Waals surface area (Å²) in [7, 11) is -1.52. The molecule has 0 aliphatic heterocycles. The van der Waals surface area contributed by atoms with Crippen LogP contribution in [0.3, 0.4) is 0 Å². The van der Waals surface area contributed by atoms with E-state index in [1.54, 1.807) is 0 Å². The zero-order chi connectivity index (χ0) is 10.6. The van der Waals surface area contributed by atoms with Crippen molar-refractivity contribution in [2.75, 3.05) is 0 Å². The van der Waals surface area contributed by atoms with E-state index in [2.05, 4.69) is 35.6 Å². The van der Waals surface area contributed by atoms with Crippen molar-refractivity contribution in [3.05, 3.63) is 40.9 Å². The van der Waals surface area contributed by atoms with Gasteiger partial charge in [0.15, 0.2) is 0 Å². The van der Waals surface area contributed by atoms with Crippen LogP contribution in [0.4, 0.5) is 0 Å². The quantitative estimate of drug-likeness (QED) is 0.590. The Bertz CT molecular complexity index is 314. The SMILES string of the molecule is C[Si](C)(C)O/C(=C/Br)c1ccccc1. The van der Waals surface area contributed by atoms with Crippen LogP contribution in [0.15, 0.2) is 35.3 Å². The Kier molecular flexibility index (Phi) is 3.95. The third kappa shape index (κ3) is 3.68. The minimum atomic E-state index is -1.52. The third-order valence-corrected chi connectivity index (χ3v) is 2.82. The molecule has 0 heterocycles. The van der Waals surface area contributed by atoms with Crippen LogP contribution in [0.2, 0.25) is 19.6 Å². The highest BCUT2D eigenvalue weighted by Gasteiger charge is 2.18. The average molecular weight is 271 g/mol. The molecular weight excluding hydrogens is 256 g/mol. The van der Waals surface area contributed by atoms with Gasteiger partial charge in [0.25, 0.3) is 0 Å². The summed E-state index contributed by atoms with van der Waals surface area (Å²) in [5.74, 6) is 0.921. The lowest BCUT2D eigenvalue weighted by atomic mass is 10.2. The lowest BCUT2D eigenvalue weighted by Gasteiger charge is -2.21. The van der Waals surface area contributed by atoms with Crippen LogP contribution in [-0.4, -0.2) is 8.32 Å². The molecule has 0 unspecified atom stereocenters. The van der Waals surface area contributed by atoms with E-state index in [-0.39, 0.29) is 0 Å². The van der Waals surface area contributed by atoms with Gasteiger partial charge in [0.1, 0.15) is 5.76 Å². The maximum absolute atomic E-state index is 5.93. The van der Waals surface area contributed by atoms with Gasteiger partial charge < -0.3 is 4.43 Å². The molecule has 0 radical (unpaired) electrons. The van der Waals surface area contributed by atoms with Gasteiger partial charge in [0.05, 0.1) is 0 Å². The van der Waals surface area contributed by atoms with Crippen LogP contribution in [0, 0.1) is 0 Å². The standard InChI is InChI=1S/C11H15BrOSi/c1-14(2,3)13-11(9-12)10-7-5-4-6-8-10/h4-9H,1-3H3/b11-9+. The van der Waals surface area contributed by atoms with E-state index in [1.807, 2.05) is 35.3 Å². The molecule has 0 spiro atoms. The first-order valence-electron chi connectivity index (χ1n) is 4.58. The van der Waals surface area contributed by atoms with E-state index in [1.165, 1.54) is 0 Å². The fourth-order valence-corrected chi connectivity index (χ4v) is 2.44. The van der Waals surface area contributed by atoms with Crippen molar-refractivity contribution in [3.63, 3.8) is 0 Å². The van der Waals surface area contributed by atoms with E-state index < -0.39 is 8.32 Å². The van der Waals surface area contributed by atoms with Crippen LogP contribution in [0.25, 0.3) is 5.76 Å². The second-order valence-corrected chi connectivity index (χ2v) is 8.94. The van der Waals surface area contributed by atoms with Crippen molar-refractivity contribution in [2.45, 2.75) is 19.6 Å². The van der Waals surface area contributed by atoms with Crippen molar-refractivity contribution in [1.29, 1.82) is 0 Å². The van der Waals surface area contributed by atoms with Crippen LogP contribution >= 0.6 is 15.9 Å². The van der Waals surface area contributed by atoms with Crippen molar-refractivity contribution in [2.24, 2.45) is 0 Å². The Labute approximate surface area is 95.1 Å². The molecular formula is C11H15BrOSi. The van der Waals surface area contributed by atoms with E-state index in [4.69, 9.17) is 4.43 Å².